The lowest BCUT2D eigenvalue weighted by Crippen LogP contribution is -2.54. The summed E-state index contributed by atoms with van der Waals surface area (Å²) in [7, 11) is -2.36. The summed E-state index contributed by atoms with van der Waals surface area (Å²) in [5.74, 6) is -0.409. The number of hydrogen-bond acceptors (Lipinski definition) is 6. The zero-order valence-corrected chi connectivity index (χ0v) is 18.9. The van der Waals surface area contributed by atoms with Crippen molar-refractivity contribution in [1.82, 2.24) is 9.62 Å². The highest BCUT2D eigenvalue weighted by Gasteiger charge is 2.40. The summed E-state index contributed by atoms with van der Waals surface area (Å²) in [5.41, 5.74) is 2.55. The molecule has 0 unspecified atom stereocenters. The van der Waals surface area contributed by atoms with E-state index in [4.69, 9.17) is 4.74 Å². The minimum atomic E-state index is -3.80. The summed E-state index contributed by atoms with van der Waals surface area (Å²) >= 11 is 0. The van der Waals surface area contributed by atoms with Crippen LogP contribution in [0, 0.1) is 0 Å². The standard InChI is InChI=1S/C23H29N3O5S/c1-25-21(23(28)24-19(16-27)13-17-5-3-2-4-6-17)15-18-14-20(26-9-11-31-12-10-26)7-8-22(18)32(25,29)30/h2-8,14,19,21,27H,9-13,15-16H2,1H3,(H,24,28)/t19-,21+/m0/s1. The molecule has 172 valence electrons. The molecule has 2 aliphatic heterocycles. The number of nitrogens with one attached hydrogen (secondary N) is 1. The maximum Gasteiger partial charge on any atom is 0.243 e. The molecule has 1 fully saturated rings. The van der Waals surface area contributed by atoms with Crippen molar-refractivity contribution >= 4 is 21.6 Å². The van der Waals surface area contributed by atoms with Gasteiger partial charge in [-0.3, -0.25) is 4.79 Å². The van der Waals surface area contributed by atoms with Crippen LogP contribution in [0.25, 0.3) is 0 Å². The second-order valence-corrected chi connectivity index (χ2v) is 10.2. The lowest BCUT2D eigenvalue weighted by Gasteiger charge is -2.35. The number of anilines is 1. The van der Waals surface area contributed by atoms with Gasteiger partial charge in [0.05, 0.1) is 30.8 Å². The number of amides is 1. The topological polar surface area (TPSA) is 99.2 Å². The van der Waals surface area contributed by atoms with Gasteiger partial charge in [-0.25, -0.2) is 8.42 Å². The molecule has 2 N–H and O–H groups in total. The van der Waals surface area contributed by atoms with Crippen LogP contribution < -0.4 is 10.2 Å². The summed E-state index contributed by atoms with van der Waals surface area (Å²) < 4.78 is 32.8. The smallest absolute Gasteiger partial charge is 0.243 e. The van der Waals surface area contributed by atoms with Gasteiger partial charge >= 0.3 is 0 Å². The number of morpholine rings is 1. The van der Waals surface area contributed by atoms with Crippen molar-refractivity contribution in [3.8, 4) is 0 Å². The molecule has 2 heterocycles. The molecule has 9 heteroatoms. The Hall–Kier alpha value is -2.46. The molecule has 2 aromatic rings. The van der Waals surface area contributed by atoms with E-state index >= 15 is 0 Å². The Balaban J connectivity index is 1.54. The fraction of sp³-hybridized carbons (Fsp3) is 0.435. The Labute approximate surface area is 188 Å². The number of sulfonamides is 1. The number of rotatable bonds is 6. The van der Waals surface area contributed by atoms with E-state index in [1.54, 1.807) is 6.07 Å². The first-order valence-electron chi connectivity index (χ1n) is 10.8. The molecule has 0 aromatic heterocycles. The molecular weight excluding hydrogens is 430 g/mol. The van der Waals surface area contributed by atoms with E-state index in [9.17, 15) is 18.3 Å². The Morgan fingerprint density at radius 2 is 1.91 bits per heavy atom. The van der Waals surface area contributed by atoms with E-state index in [-0.39, 0.29) is 17.9 Å². The van der Waals surface area contributed by atoms with Crippen molar-refractivity contribution in [2.24, 2.45) is 0 Å². The first kappa shape index (κ1) is 22.7. The minimum absolute atomic E-state index is 0.235. The molecule has 2 aromatic carbocycles. The number of nitrogens with zero attached hydrogens (tertiary/aromatic N) is 2. The van der Waals surface area contributed by atoms with Crippen LogP contribution >= 0.6 is 0 Å². The number of benzene rings is 2. The molecule has 0 bridgehead atoms. The molecule has 2 atom stereocenters. The zero-order valence-electron chi connectivity index (χ0n) is 18.1. The van der Waals surface area contributed by atoms with Gasteiger partial charge in [0.15, 0.2) is 0 Å². The van der Waals surface area contributed by atoms with Crippen molar-refractivity contribution in [3.05, 3.63) is 59.7 Å². The third-order valence-electron chi connectivity index (χ3n) is 6.12. The fourth-order valence-electron chi connectivity index (χ4n) is 4.27. The summed E-state index contributed by atoms with van der Waals surface area (Å²) in [4.78, 5) is 15.5. The number of ether oxygens (including phenoxy) is 1. The molecule has 0 saturated carbocycles. The molecule has 4 rings (SSSR count). The van der Waals surface area contributed by atoms with Crippen LogP contribution in [0.3, 0.4) is 0 Å². The maximum absolute atomic E-state index is 13.1. The van der Waals surface area contributed by atoms with E-state index in [0.717, 1.165) is 28.6 Å². The summed E-state index contributed by atoms with van der Waals surface area (Å²) in [6, 6.07) is 13.5. The Kier molecular flexibility index (Phi) is 6.80. The predicted molar refractivity (Wildman–Crippen MR) is 121 cm³/mol. The normalized spacial score (nSPS) is 21.6. The maximum atomic E-state index is 13.1. The SMILES string of the molecule is CN1[C@@H](C(=O)N[C@H](CO)Cc2ccccc2)Cc2cc(N3CCOCC3)ccc2S1(=O)=O. The van der Waals surface area contributed by atoms with Gasteiger partial charge in [-0.1, -0.05) is 30.3 Å². The molecule has 2 aliphatic rings. The molecule has 8 nitrogen and oxygen atoms in total. The first-order valence-corrected chi connectivity index (χ1v) is 12.2. The summed E-state index contributed by atoms with van der Waals surface area (Å²) in [6.45, 7) is 2.52. The molecule has 0 radical (unpaired) electrons. The number of carbonyl (C=O) groups excluding carboxylic acids is 1. The van der Waals surface area contributed by atoms with Crippen LogP contribution in [0.4, 0.5) is 5.69 Å². The second-order valence-electron chi connectivity index (χ2n) is 8.21. The third-order valence-corrected chi connectivity index (χ3v) is 8.09. The van der Waals surface area contributed by atoms with Gasteiger partial charge in [-0.15, -0.1) is 0 Å². The molecule has 0 spiro atoms. The van der Waals surface area contributed by atoms with Gasteiger partial charge in [0, 0.05) is 25.8 Å². The number of likely N-dealkylation sites (N-methyl/N-ethyl adjacent to an activating group) is 1. The summed E-state index contributed by atoms with van der Waals surface area (Å²) in [5, 5.41) is 12.6. The lowest BCUT2D eigenvalue weighted by molar-refractivity contribution is -0.125. The van der Waals surface area contributed by atoms with Crippen LogP contribution in [0.2, 0.25) is 0 Å². The molecule has 32 heavy (non-hydrogen) atoms. The number of aliphatic hydroxyl groups is 1. The van der Waals surface area contributed by atoms with Crippen LogP contribution in [0.5, 0.6) is 0 Å². The monoisotopic (exact) mass is 459 g/mol. The van der Waals surface area contributed by atoms with Crippen molar-refractivity contribution in [2.75, 3.05) is 44.9 Å². The van der Waals surface area contributed by atoms with E-state index in [2.05, 4.69) is 10.2 Å². The van der Waals surface area contributed by atoms with Crippen molar-refractivity contribution in [1.29, 1.82) is 0 Å². The Morgan fingerprint density at radius 1 is 1.19 bits per heavy atom. The number of aliphatic hydroxyl groups excluding tert-OH is 1. The van der Waals surface area contributed by atoms with Crippen molar-refractivity contribution < 1.29 is 23.1 Å². The quantitative estimate of drug-likeness (QED) is 0.663. The number of hydrogen-bond donors (Lipinski definition) is 2. The predicted octanol–water partition coefficient (Wildman–Crippen LogP) is 0.788. The molecule has 0 aliphatic carbocycles. The Bertz CT molecular complexity index is 1050. The van der Waals surface area contributed by atoms with Gasteiger partial charge in [-0.2, -0.15) is 4.31 Å². The van der Waals surface area contributed by atoms with Gasteiger partial charge in [0.1, 0.15) is 6.04 Å². The fourth-order valence-corrected chi connectivity index (χ4v) is 5.80. The molecular formula is C23H29N3O5S. The van der Waals surface area contributed by atoms with E-state index in [0.29, 0.717) is 25.2 Å². The number of carbonyl (C=O) groups is 1. The molecule has 1 amide bonds. The average molecular weight is 460 g/mol. The van der Waals surface area contributed by atoms with Crippen LogP contribution in [-0.4, -0.2) is 75.8 Å². The van der Waals surface area contributed by atoms with Crippen LogP contribution in [-0.2, 0) is 32.4 Å². The van der Waals surface area contributed by atoms with Gasteiger partial charge < -0.3 is 20.1 Å². The number of fused-ring (bicyclic) bond motifs is 1. The third kappa shape index (κ3) is 4.66. The minimum Gasteiger partial charge on any atom is -0.394 e. The molecule has 1 saturated heterocycles. The van der Waals surface area contributed by atoms with E-state index in [1.165, 1.54) is 7.05 Å². The first-order chi connectivity index (χ1) is 15.4. The zero-order chi connectivity index (χ0) is 22.7. The lowest BCUT2D eigenvalue weighted by atomic mass is 10.0. The highest BCUT2D eigenvalue weighted by molar-refractivity contribution is 7.89. The van der Waals surface area contributed by atoms with Crippen molar-refractivity contribution in [3.63, 3.8) is 0 Å². The second kappa shape index (κ2) is 9.58. The van der Waals surface area contributed by atoms with E-state index in [1.807, 2.05) is 42.5 Å². The highest BCUT2D eigenvalue weighted by Crippen LogP contribution is 2.32. The summed E-state index contributed by atoms with van der Waals surface area (Å²) in [6.07, 6.45) is 0.739. The van der Waals surface area contributed by atoms with Gasteiger partial charge in [0.2, 0.25) is 15.9 Å². The van der Waals surface area contributed by atoms with Gasteiger partial charge in [0.25, 0.3) is 0 Å². The van der Waals surface area contributed by atoms with Crippen molar-refractivity contribution in [2.45, 2.75) is 29.8 Å². The van der Waals surface area contributed by atoms with E-state index < -0.39 is 28.0 Å². The van der Waals surface area contributed by atoms with Crippen LogP contribution in [0.15, 0.2) is 53.4 Å². The largest absolute Gasteiger partial charge is 0.394 e. The highest BCUT2D eigenvalue weighted by atomic mass is 32.2. The Morgan fingerprint density at radius 3 is 2.59 bits per heavy atom. The van der Waals surface area contributed by atoms with Crippen LogP contribution in [0.1, 0.15) is 11.1 Å². The average Bonchev–Trinajstić information content (AvgIpc) is 2.82. The van der Waals surface area contributed by atoms with Gasteiger partial charge in [-0.05, 0) is 42.2 Å².